The standard InChI is InChI=1S/C12H17BrFN3/c1-8(2)6-16-12(15)17-7-9-5-10(14)3-4-11(9)13/h3-5,8H,6-7H2,1-2H3,(H3,15,16,17). The summed E-state index contributed by atoms with van der Waals surface area (Å²) in [5.41, 5.74) is 6.46. The summed E-state index contributed by atoms with van der Waals surface area (Å²) in [5.74, 6) is 0.617. The van der Waals surface area contributed by atoms with Gasteiger partial charge >= 0.3 is 0 Å². The lowest BCUT2D eigenvalue weighted by molar-refractivity contribution is 0.620. The summed E-state index contributed by atoms with van der Waals surface area (Å²) in [6.07, 6.45) is 0. The molecular weight excluding hydrogens is 285 g/mol. The second kappa shape index (κ2) is 6.59. The molecule has 0 radical (unpaired) electrons. The van der Waals surface area contributed by atoms with Crippen LogP contribution in [-0.2, 0) is 6.54 Å². The molecule has 0 unspecified atom stereocenters. The molecule has 3 N–H and O–H groups in total. The average molecular weight is 302 g/mol. The molecule has 0 aliphatic heterocycles. The smallest absolute Gasteiger partial charge is 0.188 e. The Morgan fingerprint density at radius 3 is 2.88 bits per heavy atom. The molecule has 0 saturated carbocycles. The highest BCUT2D eigenvalue weighted by Crippen LogP contribution is 2.18. The van der Waals surface area contributed by atoms with Crippen LogP contribution in [0.2, 0.25) is 0 Å². The summed E-state index contributed by atoms with van der Waals surface area (Å²) in [5, 5.41) is 3.01. The molecule has 0 spiro atoms. The minimum atomic E-state index is -0.271. The highest BCUT2D eigenvalue weighted by molar-refractivity contribution is 9.10. The predicted octanol–water partition coefficient (Wildman–Crippen LogP) is 2.65. The number of benzene rings is 1. The van der Waals surface area contributed by atoms with Gasteiger partial charge in [0.05, 0.1) is 6.54 Å². The van der Waals surface area contributed by atoms with Gasteiger partial charge in [-0.1, -0.05) is 29.8 Å². The van der Waals surface area contributed by atoms with Gasteiger partial charge in [-0.2, -0.15) is 0 Å². The van der Waals surface area contributed by atoms with Crippen LogP contribution in [0, 0.1) is 11.7 Å². The molecule has 0 aliphatic carbocycles. The fourth-order valence-electron chi connectivity index (χ4n) is 1.20. The third-order valence-corrected chi connectivity index (χ3v) is 2.89. The van der Waals surface area contributed by atoms with Gasteiger partial charge < -0.3 is 11.1 Å². The van der Waals surface area contributed by atoms with Crippen LogP contribution in [0.3, 0.4) is 0 Å². The predicted molar refractivity (Wildman–Crippen MR) is 72.3 cm³/mol. The minimum absolute atomic E-state index is 0.271. The van der Waals surface area contributed by atoms with E-state index in [1.165, 1.54) is 12.1 Å². The SMILES string of the molecule is CC(C)CNC(N)=NCc1cc(F)ccc1Br. The number of hydrogen-bond acceptors (Lipinski definition) is 1. The van der Waals surface area contributed by atoms with Gasteiger partial charge in [-0.05, 0) is 29.7 Å². The molecule has 0 atom stereocenters. The van der Waals surface area contributed by atoms with E-state index in [1.54, 1.807) is 6.07 Å². The highest BCUT2D eigenvalue weighted by Gasteiger charge is 2.01. The molecule has 0 fully saturated rings. The Bertz CT molecular complexity index is 405. The van der Waals surface area contributed by atoms with Crippen molar-refractivity contribution in [2.45, 2.75) is 20.4 Å². The first-order chi connectivity index (χ1) is 7.99. The first-order valence-corrected chi connectivity index (χ1v) is 6.26. The normalized spacial score (nSPS) is 11.9. The summed E-state index contributed by atoms with van der Waals surface area (Å²) in [6, 6.07) is 4.51. The van der Waals surface area contributed by atoms with Crippen LogP contribution in [0.4, 0.5) is 4.39 Å². The quantitative estimate of drug-likeness (QED) is 0.663. The van der Waals surface area contributed by atoms with Crippen LogP contribution in [0.15, 0.2) is 27.7 Å². The Balaban J connectivity index is 2.59. The largest absolute Gasteiger partial charge is 0.370 e. The van der Waals surface area contributed by atoms with E-state index in [1.807, 2.05) is 0 Å². The van der Waals surface area contributed by atoms with E-state index in [-0.39, 0.29) is 5.82 Å². The van der Waals surface area contributed by atoms with Crippen LogP contribution < -0.4 is 11.1 Å². The Kier molecular flexibility index (Phi) is 5.41. The van der Waals surface area contributed by atoms with Gasteiger partial charge in [-0.15, -0.1) is 0 Å². The molecule has 0 bridgehead atoms. The minimum Gasteiger partial charge on any atom is -0.370 e. The fourth-order valence-corrected chi connectivity index (χ4v) is 1.57. The number of halogens is 2. The maximum Gasteiger partial charge on any atom is 0.188 e. The lowest BCUT2D eigenvalue weighted by Crippen LogP contribution is -2.34. The summed E-state index contributed by atoms with van der Waals surface area (Å²) in [4.78, 5) is 4.15. The second-order valence-electron chi connectivity index (χ2n) is 4.21. The molecule has 94 valence electrons. The molecule has 0 aromatic heterocycles. The van der Waals surface area contributed by atoms with Gasteiger partial charge in [0, 0.05) is 11.0 Å². The maximum atomic E-state index is 13.0. The number of nitrogens with two attached hydrogens (primary N) is 1. The third kappa shape index (κ3) is 5.17. The van der Waals surface area contributed by atoms with Gasteiger partial charge in [-0.3, -0.25) is 0 Å². The van der Waals surface area contributed by atoms with Gasteiger partial charge in [0.25, 0.3) is 0 Å². The number of hydrogen-bond donors (Lipinski definition) is 2. The molecule has 0 heterocycles. The van der Waals surface area contributed by atoms with E-state index in [9.17, 15) is 4.39 Å². The van der Waals surface area contributed by atoms with Gasteiger partial charge in [0.1, 0.15) is 5.82 Å². The first-order valence-electron chi connectivity index (χ1n) is 5.46. The van der Waals surface area contributed by atoms with Crippen LogP contribution in [0.25, 0.3) is 0 Å². The van der Waals surface area contributed by atoms with Gasteiger partial charge in [0.2, 0.25) is 0 Å². The van der Waals surface area contributed by atoms with Crippen LogP contribution in [0.1, 0.15) is 19.4 Å². The summed E-state index contributed by atoms with van der Waals surface area (Å²) in [7, 11) is 0. The number of nitrogens with one attached hydrogen (secondary N) is 1. The third-order valence-electron chi connectivity index (χ3n) is 2.12. The molecule has 0 saturated heterocycles. The zero-order chi connectivity index (χ0) is 12.8. The lowest BCUT2D eigenvalue weighted by Gasteiger charge is -2.08. The van der Waals surface area contributed by atoms with E-state index in [0.29, 0.717) is 18.4 Å². The molecule has 1 aromatic carbocycles. The van der Waals surface area contributed by atoms with Crippen molar-refractivity contribution in [3.05, 3.63) is 34.1 Å². The van der Waals surface area contributed by atoms with Crippen molar-refractivity contribution in [2.75, 3.05) is 6.54 Å². The van der Waals surface area contributed by atoms with Gasteiger partial charge in [0.15, 0.2) is 5.96 Å². The molecule has 17 heavy (non-hydrogen) atoms. The summed E-state index contributed by atoms with van der Waals surface area (Å²) in [6.45, 7) is 5.31. The van der Waals surface area contributed by atoms with Crippen molar-refractivity contribution >= 4 is 21.9 Å². The number of rotatable bonds is 4. The van der Waals surface area contributed by atoms with Crippen molar-refractivity contribution in [3.8, 4) is 0 Å². The fraction of sp³-hybridized carbons (Fsp3) is 0.417. The number of aliphatic imine (C=N–C) groups is 1. The Hall–Kier alpha value is -1.10. The molecule has 0 aliphatic rings. The Labute approximate surface area is 109 Å². The van der Waals surface area contributed by atoms with Crippen molar-refractivity contribution in [1.82, 2.24) is 5.32 Å². The Morgan fingerprint density at radius 2 is 2.24 bits per heavy atom. The molecule has 3 nitrogen and oxygen atoms in total. The molecule has 5 heteroatoms. The van der Waals surface area contributed by atoms with E-state index < -0.39 is 0 Å². The first kappa shape index (κ1) is 14.0. The van der Waals surface area contributed by atoms with E-state index in [0.717, 1.165) is 16.6 Å². The van der Waals surface area contributed by atoms with E-state index in [4.69, 9.17) is 5.73 Å². The maximum absolute atomic E-state index is 13.0. The van der Waals surface area contributed by atoms with Crippen LogP contribution >= 0.6 is 15.9 Å². The number of guanidine groups is 1. The zero-order valence-electron chi connectivity index (χ0n) is 10.0. The monoisotopic (exact) mass is 301 g/mol. The van der Waals surface area contributed by atoms with Crippen LogP contribution in [0.5, 0.6) is 0 Å². The topological polar surface area (TPSA) is 50.4 Å². The summed E-state index contributed by atoms with van der Waals surface area (Å²) >= 11 is 3.35. The van der Waals surface area contributed by atoms with Crippen molar-refractivity contribution in [2.24, 2.45) is 16.6 Å². The molecule has 1 rings (SSSR count). The lowest BCUT2D eigenvalue weighted by atomic mass is 10.2. The Morgan fingerprint density at radius 1 is 1.53 bits per heavy atom. The van der Waals surface area contributed by atoms with Crippen molar-refractivity contribution in [1.29, 1.82) is 0 Å². The average Bonchev–Trinajstić information content (AvgIpc) is 2.27. The van der Waals surface area contributed by atoms with Crippen molar-refractivity contribution < 1.29 is 4.39 Å². The molecule has 1 aromatic rings. The van der Waals surface area contributed by atoms with Crippen molar-refractivity contribution in [3.63, 3.8) is 0 Å². The summed E-state index contributed by atoms with van der Waals surface area (Å²) < 4.78 is 13.8. The molecular formula is C12H17BrFN3. The van der Waals surface area contributed by atoms with E-state index in [2.05, 4.69) is 40.1 Å². The second-order valence-corrected chi connectivity index (χ2v) is 5.07. The highest BCUT2D eigenvalue weighted by atomic mass is 79.9. The van der Waals surface area contributed by atoms with Crippen LogP contribution in [-0.4, -0.2) is 12.5 Å². The van der Waals surface area contributed by atoms with Gasteiger partial charge in [-0.25, -0.2) is 9.38 Å². The van der Waals surface area contributed by atoms with E-state index >= 15 is 0 Å². The number of nitrogens with zero attached hydrogens (tertiary/aromatic N) is 1. The molecule has 0 amide bonds. The zero-order valence-corrected chi connectivity index (χ0v) is 11.6.